The van der Waals surface area contributed by atoms with Crippen molar-refractivity contribution in [3.05, 3.63) is 169 Å². The quantitative estimate of drug-likeness (QED) is 0.170. The minimum atomic E-state index is 0.0674. The van der Waals surface area contributed by atoms with Crippen LogP contribution in [0.5, 0.6) is 0 Å². The Hall–Kier alpha value is -5.60. The van der Waals surface area contributed by atoms with Crippen LogP contribution in [-0.2, 0) is 5.41 Å². The molecule has 0 spiro atoms. The fourth-order valence-electron chi connectivity index (χ4n) is 8.74. The Bertz CT molecular complexity index is 2520. The van der Waals surface area contributed by atoms with Crippen molar-refractivity contribution in [1.29, 1.82) is 0 Å². The summed E-state index contributed by atoms with van der Waals surface area (Å²) in [6.45, 7) is 6.86. The molecule has 0 saturated heterocycles. The number of anilines is 3. The maximum atomic E-state index is 2.48. The molecule has 2 heteroatoms. The number of para-hydroxylation sites is 3. The van der Waals surface area contributed by atoms with E-state index in [1.165, 1.54) is 98.3 Å². The summed E-state index contributed by atoms with van der Waals surface area (Å²) >= 11 is 0. The number of hydrogen-bond acceptors (Lipinski definition) is 1. The summed E-state index contributed by atoms with van der Waals surface area (Å²) in [5, 5.41) is 5.24. The van der Waals surface area contributed by atoms with Gasteiger partial charge in [-0.15, -0.1) is 0 Å². The van der Waals surface area contributed by atoms with Crippen molar-refractivity contribution in [3.63, 3.8) is 0 Å². The van der Waals surface area contributed by atoms with Gasteiger partial charge in [0.1, 0.15) is 0 Å². The molecule has 0 N–H and O–H groups in total. The molecule has 256 valence electrons. The third kappa shape index (κ3) is 5.67. The van der Waals surface area contributed by atoms with Crippen LogP contribution >= 0.6 is 0 Å². The summed E-state index contributed by atoms with van der Waals surface area (Å²) < 4.78 is 2.40. The van der Waals surface area contributed by atoms with Gasteiger partial charge in [0.25, 0.3) is 0 Å². The Balaban J connectivity index is 1.28. The van der Waals surface area contributed by atoms with E-state index in [1.807, 2.05) is 0 Å². The van der Waals surface area contributed by atoms with Crippen LogP contribution in [0.1, 0.15) is 69.9 Å². The third-order valence-corrected chi connectivity index (χ3v) is 11.3. The second kappa shape index (κ2) is 13.2. The summed E-state index contributed by atoms with van der Waals surface area (Å²) in [6.07, 6.45) is 6.55. The summed E-state index contributed by atoms with van der Waals surface area (Å²) in [6, 6.07) is 58.7. The normalized spacial score (nSPS) is 14.0. The van der Waals surface area contributed by atoms with Gasteiger partial charge in [-0.25, -0.2) is 0 Å². The predicted molar refractivity (Wildman–Crippen MR) is 223 cm³/mol. The minimum absolute atomic E-state index is 0.0674. The van der Waals surface area contributed by atoms with Crippen molar-refractivity contribution < 1.29 is 0 Å². The summed E-state index contributed by atoms with van der Waals surface area (Å²) in [5.74, 6) is 0.608. The van der Waals surface area contributed by atoms with Crippen molar-refractivity contribution in [2.45, 2.75) is 64.2 Å². The monoisotopic (exact) mass is 674 g/mol. The third-order valence-electron chi connectivity index (χ3n) is 11.3. The Morgan fingerprint density at radius 3 is 1.98 bits per heavy atom. The molecule has 1 aliphatic rings. The van der Waals surface area contributed by atoms with E-state index in [4.69, 9.17) is 0 Å². The fraction of sp³-hybridized carbons (Fsp3) is 0.200. The first-order valence-electron chi connectivity index (χ1n) is 19.1. The molecule has 8 aromatic rings. The van der Waals surface area contributed by atoms with Gasteiger partial charge in [-0.1, -0.05) is 143 Å². The lowest BCUT2D eigenvalue weighted by Crippen LogP contribution is -2.14. The molecule has 7 aromatic carbocycles. The zero-order valence-electron chi connectivity index (χ0n) is 30.5. The van der Waals surface area contributed by atoms with Crippen LogP contribution in [0.25, 0.3) is 49.4 Å². The molecule has 1 aliphatic carbocycles. The summed E-state index contributed by atoms with van der Waals surface area (Å²) in [5.41, 5.74) is 12.6. The summed E-state index contributed by atoms with van der Waals surface area (Å²) in [4.78, 5) is 2.48. The molecular formula is C50H46N2. The van der Waals surface area contributed by atoms with Crippen molar-refractivity contribution in [1.82, 2.24) is 4.57 Å². The number of nitrogens with zero attached hydrogens (tertiary/aromatic N) is 2. The second-order valence-electron chi connectivity index (χ2n) is 15.6. The molecule has 0 atom stereocenters. The van der Waals surface area contributed by atoms with Gasteiger partial charge in [0, 0.05) is 33.4 Å². The van der Waals surface area contributed by atoms with Gasteiger partial charge >= 0.3 is 0 Å². The zero-order valence-corrected chi connectivity index (χ0v) is 30.5. The molecular weight excluding hydrogens is 629 g/mol. The standard InChI is InChI=1S/C50H46N2/c1-50(2,3)37-28-30-39(31-29-37)51(40-32-33-48-45(34-40)43-23-11-13-27-47(43)52(48)38-20-8-5-9-21-38)46-26-12-10-22-42(46)44-25-15-19-36-18-14-24-41(49(36)44)35-16-6-4-7-17-35/h5,8-15,18-35H,4,6-7,16-17H2,1-3H3. The van der Waals surface area contributed by atoms with Crippen molar-refractivity contribution in [2.24, 2.45) is 0 Å². The lowest BCUT2D eigenvalue weighted by atomic mass is 9.80. The average Bonchev–Trinajstić information content (AvgIpc) is 3.52. The number of hydrogen-bond donors (Lipinski definition) is 0. The van der Waals surface area contributed by atoms with Gasteiger partial charge < -0.3 is 9.47 Å². The van der Waals surface area contributed by atoms with E-state index in [9.17, 15) is 0 Å². The lowest BCUT2D eigenvalue weighted by molar-refractivity contribution is 0.445. The zero-order chi connectivity index (χ0) is 35.2. The fourth-order valence-corrected chi connectivity index (χ4v) is 8.74. The molecule has 52 heavy (non-hydrogen) atoms. The SMILES string of the molecule is CC(C)(C)c1ccc(N(c2ccc3c(c2)c2ccccc2n3-c2ccccc2)c2ccccc2-c2cccc3cccc(C4CCCCC4)c23)cc1. The number of benzene rings is 7. The number of rotatable bonds is 6. The van der Waals surface area contributed by atoms with Gasteiger partial charge in [-0.05, 0) is 106 Å². The van der Waals surface area contributed by atoms with Crippen LogP contribution in [0.15, 0.2) is 158 Å². The smallest absolute Gasteiger partial charge is 0.0542 e. The number of aromatic nitrogens is 1. The van der Waals surface area contributed by atoms with Crippen LogP contribution in [0.2, 0.25) is 0 Å². The molecule has 0 radical (unpaired) electrons. The molecule has 1 fully saturated rings. The highest BCUT2D eigenvalue weighted by atomic mass is 15.1. The first-order valence-corrected chi connectivity index (χ1v) is 19.1. The highest BCUT2D eigenvalue weighted by Crippen LogP contribution is 2.47. The maximum absolute atomic E-state index is 2.48. The van der Waals surface area contributed by atoms with E-state index < -0.39 is 0 Å². The molecule has 0 bridgehead atoms. The molecule has 0 amide bonds. The maximum Gasteiger partial charge on any atom is 0.0542 e. The first-order chi connectivity index (χ1) is 25.5. The van der Waals surface area contributed by atoms with E-state index >= 15 is 0 Å². The molecule has 0 unspecified atom stereocenters. The van der Waals surface area contributed by atoms with E-state index in [-0.39, 0.29) is 5.41 Å². The van der Waals surface area contributed by atoms with Gasteiger partial charge in [-0.2, -0.15) is 0 Å². The van der Waals surface area contributed by atoms with Gasteiger partial charge in [0.05, 0.1) is 16.7 Å². The largest absolute Gasteiger partial charge is 0.310 e. The van der Waals surface area contributed by atoms with E-state index in [0.29, 0.717) is 5.92 Å². The molecule has 1 heterocycles. The minimum Gasteiger partial charge on any atom is -0.310 e. The predicted octanol–water partition coefficient (Wildman–Crippen LogP) is 14.4. The Labute approximate surface area is 308 Å². The highest BCUT2D eigenvalue weighted by Gasteiger charge is 2.24. The van der Waals surface area contributed by atoms with Crippen molar-refractivity contribution in [3.8, 4) is 16.8 Å². The van der Waals surface area contributed by atoms with Gasteiger partial charge in [-0.3, -0.25) is 0 Å². The molecule has 9 rings (SSSR count). The lowest BCUT2D eigenvalue weighted by Gasteiger charge is -2.30. The number of fused-ring (bicyclic) bond motifs is 4. The van der Waals surface area contributed by atoms with Crippen molar-refractivity contribution >= 4 is 49.6 Å². The average molecular weight is 675 g/mol. The van der Waals surface area contributed by atoms with Crippen LogP contribution in [0, 0.1) is 0 Å². The Morgan fingerprint density at radius 2 is 1.19 bits per heavy atom. The van der Waals surface area contributed by atoms with Crippen LogP contribution < -0.4 is 4.90 Å². The first kappa shape index (κ1) is 32.3. The molecule has 1 saturated carbocycles. The molecule has 0 aliphatic heterocycles. The second-order valence-corrected chi connectivity index (χ2v) is 15.6. The van der Waals surface area contributed by atoms with Crippen LogP contribution in [0.3, 0.4) is 0 Å². The van der Waals surface area contributed by atoms with Gasteiger partial charge in [0.2, 0.25) is 0 Å². The van der Waals surface area contributed by atoms with E-state index in [2.05, 4.69) is 188 Å². The summed E-state index contributed by atoms with van der Waals surface area (Å²) in [7, 11) is 0. The van der Waals surface area contributed by atoms with E-state index in [0.717, 1.165) is 11.4 Å². The van der Waals surface area contributed by atoms with Crippen LogP contribution in [-0.4, -0.2) is 4.57 Å². The molecule has 1 aromatic heterocycles. The van der Waals surface area contributed by atoms with Crippen LogP contribution in [0.4, 0.5) is 17.1 Å². The Kier molecular flexibility index (Phi) is 8.19. The van der Waals surface area contributed by atoms with Gasteiger partial charge in [0.15, 0.2) is 0 Å². The Morgan fingerprint density at radius 1 is 0.538 bits per heavy atom. The topological polar surface area (TPSA) is 8.17 Å². The molecule has 2 nitrogen and oxygen atoms in total. The van der Waals surface area contributed by atoms with Crippen molar-refractivity contribution in [2.75, 3.05) is 4.90 Å². The van der Waals surface area contributed by atoms with E-state index in [1.54, 1.807) is 0 Å². The highest BCUT2D eigenvalue weighted by molar-refractivity contribution is 6.11.